The number of rotatable bonds is 4. The van der Waals surface area contributed by atoms with Crippen LogP contribution in [0.5, 0.6) is 0 Å². The van der Waals surface area contributed by atoms with E-state index in [0.29, 0.717) is 0 Å². The highest BCUT2D eigenvalue weighted by atomic mass is 15.2. The first-order valence-corrected chi connectivity index (χ1v) is 7.28. The lowest BCUT2D eigenvalue weighted by Crippen LogP contribution is -2.31. The number of hydrogen-bond donors (Lipinski definition) is 2. The molecule has 0 saturated carbocycles. The molecule has 0 radical (unpaired) electrons. The average molecular weight is 258 g/mol. The smallest absolute Gasteiger partial charge is 0.116 e. The monoisotopic (exact) mass is 258 g/mol. The van der Waals surface area contributed by atoms with Gasteiger partial charge in [-0.25, -0.2) is 0 Å². The maximum Gasteiger partial charge on any atom is 0.116 e. The standard InChI is InChI=1S/C15H22N4/c1-4-10-19(11-5-1)14-7-3-2-6-13(14)18-12-15-16-8-9-17-15/h2-3,6-7,18H,1,4-5,8-12H2,(H,16,17). The van der Waals surface area contributed by atoms with Crippen molar-refractivity contribution in [2.24, 2.45) is 4.99 Å². The van der Waals surface area contributed by atoms with Crippen LogP contribution in [0.2, 0.25) is 0 Å². The van der Waals surface area contributed by atoms with Crippen molar-refractivity contribution in [3.8, 4) is 0 Å². The van der Waals surface area contributed by atoms with Crippen molar-refractivity contribution < 1.29 is 0 Å². The predicted molar refractivity (Wildman–Crippen MR) is 81.3 cm³/mol. The molecule has 0 aromatic heterocycles. The zero-order chi connectivity index (χ0) is 12.9. The highest BCUT2D eigenvalue weighted by Crippen LogP contribution is 2.27. The van der Waals surface area contributed by atoms with Crippen LogP contribution >= 0.6 is 0 Å². The van der Waals surface area contributed by atoms with Crippen molar-refractivity contribution in [1.82, 2.24) is 5.32 Å². The maximum atomic E-state index is 4.42. The number of piperidine rings is 1. The van der Waals surface area contributed by atoms with Crippen molar-refractivity contribution in [2.75, 3.05) is 42.9 Å². The van der Waals surface area contributed by atoms with Crippen molar-refractivity contribution in [1.29, 1.82) is 0 Å². The summed E-state index contributed by atoms with van der Waals surface area (Å²) in [6.45, 7) is 5.04. The first kappa shape index (κ1) is 12.3. The van der Waals surface area contributed by atoms with Gasteiger partial charge in [0.2, 0.25) is 0 Å². The van der Waals surface area contributed by atoms with Crippen LogP contribution < -0.4 is 15.5 Å². The van der Waals surface area contributed by atoms with Crippen molar-refractivity contribution in [2.45, 2.75) is 19.3 Å². The molecule has 1 aromatic carbocycles. The molecule has 102 valence electrons. The molecule has 0 unspecified atom stereocenters. The van der Waals surface area contributed by atoms with Crippen LogP contribution in [0.1, 0.15) is 19.3 Å². The van der Waals surface area contributed by atoms with Crippen LogP contribution in [0.25, 0.3) is 0 Å². The van der Waals surface area contributed by atoms with Gasteiger partial charge < -0.3 is 15.5 Å². The van der Waals surface area contributed by atoms with Gasteiger partial charge in [-0.15, -0.1) is 0 Å². The Morgan fingerprint density at radius 2 is 2.00 bits per heavy atom. The molecule has 0 bridgehead atoms. The average Bonchev–Trinajstić information content (AvgIpc) is 3.00. The van der Waals surface area contributed by atoms with Gasteiger partial charge >= 0.3 is 0 Å². The molecule has 1 aromatic rings. The Morgan fingerprint density at radius 1 is 1.16 bits per heavy atom. The Balaban J connectivity index is 1.69. The Bertz CT molecular complexity index is 449. The van der Waals surface area contributed by atoms with Crippen LogP contribution in [0.15, 0.2) is 29.3 Å². The number of nitrogens with zero attached hydrogens (tertiary/aromatic N) is 2. The Kier molecular flexibility index (Phi) is 3.86. The minimum Gasteiger partial charge on any atom is -0.376 e. The summed E-state index contributed by atoms with van der Waals surface area (Å²) in [5, 5.41) is 6.82. The van der Waals surface area contributed by atoms with Gasteiger partial charge in [-0.2, -0.15) is 0 Å². The lowest BCUT2D eigenvalue weighted by atomic mass is 10.1. The number of nitrogens with one attached hydrogen (secondary N) is 2. The van der Waals surface area contributed by atoms with E-state index in [2.05, 4.69) is 44.8 Å². The van der Waals surface area contributed by atoms with Crippen LogP contribution in [0.3, 0.4) is 0 Å². The molecule has 0 aliphatic carbocycles. The quantitative estimate of drug-likeness (QED) is 0.868. The summed E-state index contributed by atoms with van der Waals surface area (Å²) in [6, 6.07) is 8.61. The summed E-state index contributed by atoms with van der Waals surface area (Å²) >= 11 is 0. The molecule has 1 saturated heterocycles. The molecule has 4 nitrogen and oxygen atoms in total. The van der Waals surface area contributed by atoms with Crippen molar-refractivity contribution >= 4 is 17.2 Å². The molecular weight excluding hydrogens is 236 g/mol. The van der Waals surface area contributed by atoms with Gasteiger partial charge in [-0.1, -0.05) is 12.1 Å². The summed E-state index contributed by atoms with van der Waals surface area (Å²) < 4.78 is 0. The zero-order valence-electron chi connectivity index (χ0n) is 11.4. The van der Waals surface area contributed by atoms with E-state index in [1.807, 2.05) is 0 Å². The van der Waals surface area contributed by atoms with E-state index in [1.54, 1.807) is 0 Å². The number of benzene rings is 1. The van der Waals surface area contributed by atoms with Gasteiger partial charge in [0.05, 0.1) is 24.5 Å². The third-order valence-electron chi connectivity index (χ3n) is 3.79. The number of amidine groups is 1. The highest BCUT2D eigenvalue weighted by Gasteiger charge is 2.14. The molecular formula is C15H22N4. The van der Waals surface area contributed by atoms with E-state index in [-0.39, 0.29) is 0 Å². The predicted octanol–water partition coefficient (Wildman–Crippen LogP) is 2.09. The maximum absolute atomic E-state index is 4.42. The second-order valence-corrected chi connectivity index (χ2v) is 5.17. The number of anilines is 2. The fraction of sp³-hybridized carbons (Fsp3) is 0.533. The van der Waals surface area contributed by atoms with Crippen LogP contribution in [-0.4, -0.2) is 38.6 Å². The molecule has 2 N–H and O–H groups in total. The van der Waals surface area contributed by atoms with E-state index in [4.69, 9.17) is 0 Å². The summed E-state index contributed by atoms with van der Waals surface area (Å²) in [5.41, 5.74) is 2.56. The first-order chi connectivity index (χ1) is 9.43. The Morgan fingerprint density at radius 3 is 2.79 bits per heavy atom. The summed E-state index contributed by atoms with van der Waals surface area (Å²) in [6.07, 6.45) is 3.98. The minimum absolute atomic E-state index is 0.796. The normalized spacial score (nSPS) is 18.9. The number of hydrogen-bond acceptors (Lipinski definition) is 4. The van der Waals surface area contributed by atoms with Gasteiger partial charge in [-0.3, -0.25) is 4.99 Å². The molecule has 19 heavy (non-hydrogen) atoms. The molecule has 2 aliphatic heterocycles. The van der Waals surface area contributed by atoms with Crippen LogP contribution in [-0.2, 0) is 0 Å². The zero-order valence-corrected chi connectivity index (χ0v) is 11.4. The van der Waals surface area contributed by atoms with Gasteiger partial charge in [0, 0.05) is 19.6 Å². The van der Waals surface area contributed by atoms with Crippen molar-refractivity contribution in [3.05, 3.63) is 24.3 Å². The number of aliphatic imine (C=N–C) groups is 1. The molecule has 1 fully saturated rings. The molecule has 4 heteroatoms. The lowest BCUT2D eigenvalue weighted by molar-refractivity contribution is 0.578. The Labute approximate surface area is 114 Å². The third kappa shape index (κ3) is 3.00. The van der Waals surface area contributed by atoms with Crippen LogP contribution in [0, 0.1) is 0 Å². The second kappa shape index (κ2) is 5.95. The molecule has 2 heterocycles. The van der Waals surface area contributed by atoms with E-state index in [9.17, 15) is 0 Å². The third-order valence-corrected chi connectivity index (χ3v) is 3.79. The fourth-order valence-corrected chi connectivity index (χ4v) is 2.78. The van der Waals surface area contributed by atoms with E-state index >= 15 is 0 Å². The van der Waals surface area contributed by atoms with E-state index in [1.165, 1.54) is 43.7 Å². The largest absolute Gasteiger partial charge is 0.376 e. The summed E-state index contributed by atoms with van der Waals surface area (Å²) in [7, 11) is 0. The molecule has 3 rings (SSSR count). The van der Waals surface area contributed by atoms with Gasteiger partial charge in [0.25, 0.3) is 0 Å². The Hall–Kier alpha value is -1.71. The summed E-state index contributed by atoms with van der Waals surface area (Å²) in [4.78, 5) is 6.92. The van der Waals surface area contributed by atoms with Gasteiger partial charge in [0.1, 0.15) is 5.84 Å². The fourth-order valence-electron chi connectivity index (χ4n) is 2.78. The highest BCUT2D eigenvalue weighted by molar-refractivity contribution is 5.88. The topological polar surface area (TPSA) is 39.7 Å². The number of para-hydroxylation sites is 2. The lowest BCUT2D eigenvalue weighted by Gasteiger charge is -2.30. The molecule has 0 atom stereocenters. The van der Waals surface area contributed by atoms with E-state index in [0.717, 1.165) is 25.5 Å². The second-order valence-electron chi connectivity index (χ2n) is 5.17. The van der Waals surface area contributed by atoms with Gasteiger partial charge in [-0.05, 0) is 31.4 Å². The molecule has 2 aliphatic rings. The van der Waals surface area contributed by atoms with E-state index < -0.39 is 0 Å². The first-order valence-electron chi connectivity index (χ1n) is 7.28. The van der Waals surface area contributed by atoms with Gasteiger partial charge in [0.15, 0.2) is 0 Å². The minimum atomic E-state index is 0.796. The SMILES string of the molecule is c1ccc(N2CCCCC2)c(NCC2=NCCN2)c1. The summed E-state index contributed by atoms with van der Waals surface area (Å²) in [5.74, 6) is 1.08. The molecule has 0 spiro atoms. The van der Waals surface area contributed by atoms with Crippen molar-refractivity contribution in [3.63, 3.8) is 0 Å². The molecule has 0 amide bonds. The van der Waals surface area contributed by atoms with Crippen LogP contribution in [0.4, 0.5) is 11.4 Å².